The Balaban J connectivity index is 2.07. The third-order valence-electron chi connectivity index (χ3n) is 3.80. The van der Waals surface area contributed by atoms with E-state index in [-0.39, 0.29) is 0 Å². The van der Waals surface area contributed by atoms with Crippen molar-refractivity contribution in [1.29, 1.82) is 0 Å². The number of carbonyl (C=O) groups is 1. The van der Waals surface area contributed by atoms with Crippen molar-refractivity contribution >= 4 is 21.7 Å². The van der Waals surface area contributed by atoms with E-state index in [1.165, 1.54) is 24.8 Å². The molecule has 1 aromatic carbocycles. The average molecular weight is 324 g/mol. The minimum atomic E-state index is 0.311. The molecule has 0 aromatic heterocycles. The molecule has 1 aromatic rings. The lowest BCUT2D eigenvalue weighted by atomic mass is 10.0. The zero-order valence-corrected chi connectivity index (χ0v) is 13.2. The largest absolute Gasteiger partial charge is 0.300 e. The molecule has 3 heteroatoms. The summed E-state index contributed by atoms with van der Waals surface area (Å²) >= 11 is 3.53. The van der Waals surface area contributed by atoms with Gasteiger partial charge in [0.15, 0.2) is 0 Å². The Bertz CT molecular complexity index is 433. The number of likely N-dealkylation sites (tertiary alicyclic amines) is 1. The Morgan fingerprint density at radius 2 is 2.21 bits per heavy atom. The molecular formula is C16H22BrNO. The Labute approximate surface area is 124 Å². The van der Waals surface area contributed by atoms with Crippen molar-refractivity contribution in [2.45, 2.75) is 51.6 Å². The van der Waals surface area contributed by atoms with Crippen LogP contribution in [-0.4, -0.2) is 23.3 Å². The van der Waals surface area contributed by atoms with Gasteiger partial charge in [0.2, 0.25) is 0 Å². The lowest BCUT2D eigenvalue weighted by Gasteiger charge is -2.29. The maximum Gasteiger partial charge on any atom is 0.131 e. The predicted molar refractivity (Wildman–Crippen MR) is 82.1 cm³/mol. The molecule has 0 bridgehead atoms. The number of rotatable bonds is 4. The van der Waals surface area contributed by atoms with Crippen molar-refractivity contribution in [3.05, 3.63) is 34.3 Å². The third kappa shape index (κ3) is 4.73. The summed E-state index contributed by atoms with van der Waals surface area (Å²) in [6.45, 7) is 3.78. The summed E-state index contributed by atoms with van der Waals surface area (Å²) in [6, 6.07) is 8.91. The number of benzene rings is 1. The van der Waals surface area contributed by atoms with Gasteiger partial charge in [-0.2, -0.15) is 0 Å². The molecule has 1 saturated heterocycles. The van der Waals surface area contributed by atoms with Gasteiger partial charge < -0.3 is 0 Å². The topological polar surface area (TPSA) is 20.3 Å². The van der Waals surface area contributed by atoms with Gasteiger partial charge in [0.25, 0.3) is 0 Å². The fraction of sp³-hybridized carbons (Fsp3) is 0.562. The highest BCUT2D eigenvalue weighted by atomic mass is 79.9. The number of hydrogen-bond donors (Lipinski definition) is 0. The number of ketones is 1. The van der Waals surface area contributed by atoms with E-state index in [1.807, 2.05) is 0 Å². The Hall–Kier alpha value is -0.670. The van der Waals surface area contributed by atoms with Crippen molar-refractivity contribution in [3.8, 4) is 0 Å². The third-order valence-corrected chi connectivity index (χ3v) is 4.29. The second-order valence-corrected chi connectivity index (χ2v) is 6.43. The van der Waals surface area contributed by atoms with Crippen molar-refractivity contribution in [2.24, 2.45) is 0 Å². The quantitative estimate of drug-likeness (QED) is 0.828. The van der Waals surface area contributed by atoms with Gasteiger partial charge in [0.1, 0.15) is 5.78 Å². The normalized spacial score (nSPS) is 21.1. The van der Waals surface area contributed by atoms with Gasteiger partial charge in [-0.1, -0.05) is 40.9 Å². The molecule has 1 aliphatic heterocycles. The lowest BCUT2D eigenvalue weighted by molar-refractivity contribution is -0.118. The van der Waals surface area contributed by atoms with Crippen LogP contribution in [0.3, 0.4) is 0 Å². The molecule has 104 valence electrons. The van der Waals surface area contributed by atoms with E-state index in [0.29, 0.717) is 18.2 Å². The van der Waals surface area contributed by atoms with Gasteiger partial charge in [-0.15, -0.1) is 0 Å². The van der Waals surface area contributed by atoms with Crippen LogP contribution in [-0.2, 0) is 11.3 Å². The number of carbonyl (C=O) groups excluding carboxylic acids is 1. The molecule has 19 heavy (non-hydrogen) atoms. The van der Waals surface area contributed by atoms with Crippen molar-refractivity contribution in [2.75, 3.05) is 6.54 Å². The van der Waals surface area contributed by atoms with E-state index in [2.05, 4.69) is 45.1 Å². The summed E-state index contributed by atoms with van der Waals surface area (Å²) in [7, 11) is 0. The fourth-order valence-corrected chi connectivity index (χ4v) is 3.32. The zero-order valence-electron chi connectivity index (χ0n) is 11.6. The van der Waals surface area contributed by atoms with E-state index in [4.69, 9.17) is 0 Å². The van der Waals surface area contributed by atoms with Crippen LogP contribution in [0, 0.1) is 0 Å². The average Bonchev–Trinajstić information content (AvgIpc) is 2.55. The van der Waals surface area contributed by atoms with Crippen molar-refractivity contribution in [3.63, 3.8) is 0 Å². The molecule has 1 unspecified atom stereocenters. The van der Waals surface area contributed by atoms with Gasteiger partial charge in [0.05, 0.1) is 0 Å². The van der Waals surface area contributed by atoms with Gasteiger partial charge in [0, 0.05) is 23.5 Å². The van der Waals surface area contributed by atoms with Gasteiger partial charge >= 0.3 is 0 Å². The van der Waals surface area contributed by atoms with Crippen LogP contribution < -0.4 is 0 Å². The number of nitrogens with zero attached hydrogens (tertiary/aromatic N) is 1. The summed E-state index contributed by atoms with van der Waals surface area (Å²) in [6.07, 6.45) is 5.67. The smallest absolute Gasteiger partial charge is 0.131 e. The van der Waals surface area contributed by atoms with E-state index >= 15 is 0 Å². The van der Waals surface area contributed by atoms with Crippen LogP contribution in [0.15, 0.2) is 28.7 Å². The summed E-state index contributed by atoms with van der Waals surface area (Å²) in [5.74, 6) is 0.311. The number of Topliss-reactive ketones (excluding diaryl/α,β-unsaturated/α-hetero) is 1. The summed E-state index contributed by atoms with van der Waals surface area (Å²) in [5.41, 5.74) is 1.32. The molecular weight excluding hydrogens is 302 g/mol. The second-order valence-electron chi connectivity index (χ2n) is 5.51. The first kappa shape index (κ1) is 14.7. The first-order valence-corrected chi connectivity index (χ1v) is 7.92. The van der Waals surface area contributed by atoms with Crippen LogP contribution in [0.5, 0.6) is 0 Å². The molecule has 1 heterocycles. The van der Waals surface area contributed by atoms with Crippen LogP contribution in [0.1, 0.15) is 44.6 Å². The second kappa shape index (κ2) is 7.20. The van der Waals surface area contributed by atoms with E-state index < -0.39 is 0 Å². The molecule has 0 N–H and O–H groups in total. The van der Waals surface area contributed by atoms with Crippen LogP contribution in [0.25, 0.3) is 0 Å². The molecule has 1 aliphatic rings. The Morgan fingerprint density at radius 3 is 2.95 bits per heavy atom. The maximum atomic E-state index is 11.4. The fourth-order valence-electron chi connectivity index (χ4n) is 2.88. The molecule has 2 rings (SSSR count). The van der Waals surface area contributed by atoms with Crippen LogP contribution in [0.4, 0.5) is 0 Å². The highest BCUT2D eigenvalue weighted by Gasteiger charge is 2.22. The van der Waals surface area contributed by atoms with Crippen molar-refractivity contribution in [1.82, 2.24) is 4.90 Å². The van der Waals surface area contributed by atoms with Crippen LogP contribution >= 0.6 is 15.9 Å². The van der Waals surface area contributed by atoms with Gasteiger partial charge in [-0.25, -0.2) is 0 Å². The Kier molecular flexibility index (Phi) is 5.59. The molecule has 1 fully saturated rings. The Morgan fingerprint density at radius 1 is 1.37 bits per heavy atom. The van der Waals surface area contributed by atoms with Crippen molar-refractivity contribution < 1.29 is 4.79 Å². The van der Waals surface area contributed by atoms with Gasteiger partial charge in [-0.05, 0) is 44.0 Å². The summed E-state index contributed by atoms with van der Waals surface area (Å²) in [5, 5.41) is 0. The lowest BCUT2D eigenvalue weighted by Crippen LogP contribution is -2.35. The van der Waals surface area contributed by atoms with Crippen LogP contribution in [0.2, 0.25) is 0 Å². The minimum Gasteiger partial charge on any atom is -0.300 e. The molecule has 2 nitrogen and oxygen atoms in total. The summed E-state index contributed by atoms with van der Waals surface area (Å²) in [4.78, 5) is 13.9. The number of hydrogen-bond acceptors (Lipinski definition) is 2. The predicted octanol–water partition coefficient (Wildman–Crippen LogP) is 4.17. The van der Waals surface area contributed by atoms with E-state index in [9.17, 15) is 4.79 Å². The van der Waals surface area contributed by atoms with E-state index in [1.54, 1.807) is 6.92 Å². The molecule has 0 aliphatic carbocycles. The highest BCUT2D eigenvalue weighted by Crippen LogP contribution is 2.22. The first-order chi connectivity index (χ1) is 9.15. The standard InChI is InChI=1S/C16H22BrNO/c1-13(19)10-16-8-3-2-4-9-18(16)12-14-6-5-7-15(17)11-14/h5-7,11,16H,2-4,8-10,12H2,1H3. The first-order valence-electron chi connectivity index (χ1n) is 7.13. The number of halogens is 1. The SMILES string of the molecule is CC(=O)CC1CCCCCN1Cc1cccc(Br)c1. The maximum absolute atomic E-state index is 11.4. The zero-order chi connectivity index (χ0) is 13.7. The minimum absolute atomic E-state index is 0.311. The summed E-state index contributed by atoms with van der Waals surface area (Å²) < 4.78 is 1.13. The van der Waals surface area contributed by atoms with Gasteiger partial charge in [-0.3, -0.25) is 9.69 Å². The van der Waals surface area contributed by atoms with E-state index in [0.717, 1.165) is 24.0 Å². The molecule has 0 amide bonds. The molecule has 0 saturated carbocycles. The molecule has 1 atom stereocenters. The molecule has 0 spiro atoms. The highest BCUT2D eigenvalue weighted by molar-refractivity contribution is 9.10. The molecule has 0 radical (unpaired) electrons. The monoisotopic (exact) mass is 323 g/mol.